The maximum absolute atomic E-state index is 4.35. The van der Waals surface area contributed by atoms with Gasteiger partial charge in [0.2, 0.25) is 0 Å². The molecule has 124 valence electrons. The highest BCUT2D eigenvalue weighted by molar-refractivity contribution is 7.13. The fourth-order valence-electron chi connectivity index (χ4n) is 3.35. The zero-order valence-corrected chi connectivity index (χ0v) is 15.5. The van der Waals surface area contributed by atoms with E-state index in [1.165, 1.54) is 59.4 Å². The molecular weight excluding hydrogens is 296 g/mol. The van der Waals surface area contributed by atoms with E-state index in [1.54, 1.807) is 0 Å². The van der Waals surface area contributed by atoms with E-state index in [-0.39, 0.29) is 0 Å². The van der Waals surface area contributed by atoms with Gasteiger partial charge in [-0.05, 0) is 49.3 Å². The quantitative estimate of drug-likeness (QED) is 0.493. The molecule has 0 bridgehead atoms. The van der Waals surface area contributed by atoms with Crippen molar-refractivity contribution < 1.29 is 0 Å². The third kappa shape index (κ3) is 5.66. The average molecular weight is 327 g/mol. The minimum Gasteiger partial charge on any atom is -0.141 e. The van der Waals surface area contributed by atoms with Crippen LogP contribution in [0, 0.1) is 18.8 Å². The van der Waals surface area contributed by atoms with Crippen LogP contribution in [0.1, 0.15) is 60.8 Å². The lowest BCUT2D eigenvalue weighted by atomic mass is 9.83. The molecule has 1 heterocycles. The monoisotopic (exact) mass is 326 g/mol. The van der Waals surface area contributed by atoms with Crippen molar-refractivity contribution in [2.75, 3.05) is 0 Å². The summed E-state index contributed by atoms with van der Waals surface area (Å²) in [7, 11) is 0. The zero-order chi connectivity index (χ0) is 16.7. The number of allylic oxidation sites excluding steroid dienone is 4. The van der Waals surface area contributed by atoms with Crippen molar-refractivity contribution in [1.82, 2.24) is 0 Å². The number of hydrogen-bond acceptors (Lipinski definition) is 1. The molecule has 23 heavy (non-hydrogen) atoms. The predicted octanol–water partition coefficient (Wildman–Crippen LogP) is 7.43. The van der Waals surface area contributed by atoms with Gasteiger partial charge in [-0.15, -0.1) is 11.3 Å². The lowest BCUT2D eigenvalue weighted by Crippen LogP contribution is -2.08. The molecule has 0 radical (unpaired) electrons. The molecule has 1 aliphatic carbocycles. The Morgan fingerprint density at radius 3 is 2.52 bits per heavy atom. The third-order valence-corrected chi connectivity index (χ3v) is 5.90. The molecule has 1 saturated carbocycles. The fourth-order valence-corrected chi connectivity index (χ4v) is 4.27. The number of aryl methyl sites for hydroxylation is 1. The minimum atomic E-state index is 0.681. The van der Waals surface area contributed by atoms with Crippen LogP contribution < -0.4 is 0 Å². The SMILES string of the molecule is C=C/C=C\c1cc(/C=C\C(=C)C2CCCC(C)CCC2)sc1C. The van der Waals surface area contributed by atoms with E-state index in [1.807, 2.05) is 23.5 Å². The topological polar surface area (TPSA) is 0 Å². The lowest BCUT2D eigenvalue weighted by molar-refractivity contribution is 0.360. The van der Waals surface area contributed by atoms with Gasteiger partial charge in [0.15, 0.2) is 0 Å². The van der Waals surface area contributed by atoms with E-state index in [4.69, 9.17) is 0 Å². The van der Waals surface area contributed by atoms with E-state index in [2.05, 4.69) is 51.3 Å². The van der Waals surface area contributed by atoms with Crippen LogP contribution in [0.3, 0.4) is 0 Å². The maximum Gasteiger partial charge on any atom is 0.0279 e. The first-order valence-corrected chi connectivity index (χ1v) is 9.68. The summed E-state index contributed by atoms with van der Waals surface area (Å²) in [5.41, 5.74) is 2.61. The molecule has 1 aliphatic rings. The highest BCUT2D eigenvalue weighted by Gasteiger charge is 2.15. The first-order valence-electron chi connectivity index (χ1n) is 8.86. The summed E-state index contributed by atoms with van der Waals surface area (Å²) in [4.78, 5) is 2.67. The molecular formula is C22H30S. The maximum atomic E-state index is 4.35. The van der Waals surface area contributed by atoms with Gasteiger partial charge in [-0.2, -0.15) is 0 Å². The second kappa shape index (κ2) is 9.08. The van der Waals surface area contributed by atoms with Gasteiger partial charge in [0.1, 0.15) is 0 Å². The van der Waals surface area contributed by atoms with Gasteiger partial charge in [0.25, 0.3) is 0 Å². The standard InChI is InChI=1S/C22H30S/c1-5-6-11-21-16-22(23-19(21)4)15-14-18(3)20-12-7-9-17(2)10-8-13-20/h5-6,11,14-17,20H,1,3,7-10,12-13H2,2,4H3/b11-6-,15-14-. The van der Waals surface area contributed by atoms with Crippen LogP contribution in [-0.4, -0.2) is 0 Å². The Balaban J connectivity index is 1.97. The van der Waals surface area contributed by atoms with Crippen molar-refractivity contribution in [3.63, 3.8) is 0 Å². The van der Waals surface area contributed by atoms with E-state index < -0.39 is 0 Å². The fraction of sp³-hybridized carbons (Fsp3) is 0.455. The van der Waals surface area contributed by atoms with Crippen molar-refractivity contribution >= 4 is 23.5 Å². The van der Waals surface area contributed by atoms with Crippen molar-refractivity contribution in [1.29, 1.82) is 0 Å². The summed E-state index contributed by atoms with van der Waals surface area (Å²) in [6, 6.07) is 2.25. The lowest BCUT2D eigenvalue weighted by Gasteiger charge is -2.23. The second-order valence-corrected chi connectivity index (χ2v) is 8.12. The zero-order valence-electron chi connectivity index (χ0n) is 14.7. The highest BCUT2D eigenvalue weighted by Crippen LogP contribution is 2.31. The van der Waals surface area contributed by atoms with Crippen LogP contribution in [-0.2, 0) is 0 Å². The van der Waals surface area contributed by atoms with E-state index in [0.717, 1.165) is 5.92 Å². The van der Waals surface area contributed by atoms with Crippen LogP contribution in [0.4, 0.5) is 0 Å². The Labute approximate surface area is 146 Å². The molecule has 0 N–H and O–H groups in total. The predicted molar refractivity (Wildman–Crippen MR) is 107 cm³/mol. The van der Waals surface area contributed by atoms with Gasteiger partial charge in [-0.3, -0.25) is 0 Å². The van der Waals surface area contributed by atoms with Gasteiger partial charge in [-0.25, -0.2) is 0 Å². The van der Waals surface area contributed by atoms with Gasteiger partial charge in [-0.1, -0.05) is 75.6 Å². The second-order valence-electron chi connectivity index (χ2n) is 6.83. The number of rotatable bonds is 5. The molecule has 1 heteroatoms. The summed E-state index contributed by atoms with van der Waals surface area (Å²) >= 11 is 1.85. The van der Waals surface area contributed by atoms with Gasteiger partial charge < -0.3 is 0 Å². The summed E-state index contributed by atoms with van der Waals surface area (Å²) in [5, 5.41) is 0. The van der Waals surface area contributed by atoms with Crippen LogP contribution in [0.5, 0.6) is 0 Å². The van der Waals surface area contributed by atoms with E-state index >= 15 is 0 Å². The van der Waals surface area contributed by atoms with E-state index in [0.29, 0.717) is 5.92 Å². The third-order valence-electron chi connectivity index (χ3n) is 4.87. The largest absolute Gasteiger partial charge is 0.141 e. The highest BCUT2D eigenvalue weighted by atomic mass is 32.1. The molecule has 0 amide bonds. The summed E-state index contributed by atoms with van der Waals surface area (Å²) < 4.78 is 0. The molecule has 0 spiro atoms. The average Bonchev–Trinajstić information content (AvgIpc) is 2.86. The molecule has 1 aromatic heterocycles. The Morgan fingerprint density at radius 2 is 1.87 bits per heavy atom. The van der Waals surface area contributed by atoms with Crippen molar-refractivity contribution in [3.05, 3.63) is 58.3 Å². The first-order chi connectivity index (χ1) is 11.1. The molecule has 0 unspecified atom stereocenters. The Bertz CT molecular complexity index is 575. The normalized spacial score (nSPS) is 23.0. The first kappa shape index (κ1) is 18.0. The Kier molecular flexibility index (Phi) is 7.11. The van der Waals surface area contributed by atoms with Crippen molar-refractivity contribution in [3.8, 4) is 0 Å². The molecule has 0 atom stereocenters. The number of thiophene rings is 1. The molecule has 0 aliphatic heterocycles. The Hall–Kier alpha value is -1.34. The molecule has 0 nitrogen and oxygen atoms in total. The van der Waals surface area contributed by atoms with E-state index in [9.17, 15) is 0 Å². The molecule has 0 saturated heterocycles. The van der Waals surface area contributed by atoms with Crippen LogP contribution in [0.15, 0.2) is 43.0 Å². The summed E-state index contributed by atoms with van der Waals surface area (Å²) in [6.45, 7) is 12.7. The summed E-state index contributed by atoms with van der Waals surface area (Å²) in [6.07, 6.45) is 18.5. The van der Waals surface area contributed by atoms with Crippen LogP contribution in [0.25, 0.3) is 12.2 Å². The van der Waals surface area contributed by atoms with Crippen LogP contribution >= 0.6 is 11.3 Å². The van der Waals surface area contributed by atoms with Crippen molar-refractivity contribution in [2.24, 2.45) is 11.8 Å². The van der Waals surface area contributed by atoms with Gasteiger partial charge in [0.05, 0.1) is 0 Å². The Morgan fingerprint density at radius 1 is 1.17 bits per heavy atom. The van der Waals surface area contributed by atoms with Crippen molar-refractivity contribution in [2.45, 2.75) is 52.4 Å². The molecule has 0 aromatic carbocycles. The number of hydrogen-bond donors (Lipinski definition) is 0. The smallest absolute Gasteiger partial charge is 0.0279 e. The summed E-state index contributed by atoms with van der Waals surface area (Å²) in [5.74, 6) is 1.59. The minimum absolute atomic E-state index is 0.681. The molecule has 1 aromatic rings. The van der Waals surface area contributed by atoms with Gasteiger partial charge >= 0.3 is 0 Å². The van der Waals surface area contributed by atoms with Gasteiger partial charge in [0, 0.05) is 9.75 Å². The molecule has 1 fully saturated rings. The van der Waals surface area contributed by atoms with Crippen LogP contribution in [0.2, 0.25) is 0 Å². The molecule has 2 rings (SSSR count).